The normalized spacial score (nSPS) is 10.2. The van der Waals surface area contributed by atoms with Crippen LogP contribution in [0.15, 0.2) is 48.5 Å². The van der Waals surface area contributed by atoms with Gasteiger partial charge in [0.2, 0.25) is 0 Å². The molecule has 1 amide bonds. The van der Waals surface area contributed by atoms with Crippen LogP contribution in [0.1, 0.15) is 15.9 Å². The smallest absolute Gasteiger partial charge is 0.255 e. The molecular formula is C17H20N2O2. The average Bonchev–Trinajstić information content (AvgIpc) is 2.48. The van der Waals surface area contributed by atoms with Crippen LogP contribution in [0, 0.1) is 6.92 Å². The van der Waals surface area contributed by atoms with Gasteiger partial charge in [-0.1, -0.05) is 18.2 Å². The maximum absolute atomic E-state index is 12.2. The Bertz CT molecular complexity index is 608. The molecule has 0 aliphatic rings. The first-order valence-electron chi connectivity index (χ1n) is 6.91. The molecule has 2 aromatic carbocycles. The molecule has 0 bridgehead atoms. The minimum Gasteiger partial charge on any atom is -0.395 e. The van der Waals surface area contributed by atoms with Gasteiger partial charge in [0, 0.05) is 30.5 Å². The molecule has 0 fully saturated rings. The Balaban J connectivity index is 2.07. The topological polar surface area (TPSA) is 52.6 Å². The number of anilines is 2. The molecule has 21 heavy (non-hydrogen) atoms. The van der Waals surface area contributed by atoms with Crippen molar-refractivity contribution < 1.29 is 9.90 Å². The lowest BCUT2D eigenvalue weighted by atomic mass is 10.1. The molecule has 0 radical (unpaired) electrons. The zero-order chi connectivity index (χ0) is 15.2. The number of likely N-dealkylation sites (N-methyl/N-ethyl adjacent to an activating group) is 1. The van der Waals surface area contributed by atoms with Crippen LogP contribution in [0.25, 0.3) is 0 Å². The Morgan fingerprint density at radius 1 is 1.14 bits per heavy atom. The molecule has 4 nitrogen and oxygen atoms in total. The third-order valence-corrected chi connectivity index (χ3v) is 3.39. The Morgan fingerprint density at radius 2 is 1.81 bits per heavy atom. The number of hydrogen-bond donors (Lipinski definition) is 2. The lowest BCUT2D eigenvalue weighted by Gasteiger charge is -2.18. The van der Waals surface area contributed by atoms with Crippen LogP contribution >= 0.6 is 0 Å². The highest BCUT2D eigenvalue weighted by molar-refractivity contribution is 6.05. The summed E-state index contributed by atoms with van der Waals surface area (Å²) in [6, 6.07) is 15.1. The van der Waals surface area contributed by atoms with E-state index in [4.69, 9.17) is 5.11 Å². The van der Waals surface area contributed by atoms with Gasteiger partial charge >= 0.3 is 0 Å². The average molecular weight is 284 g/mol. The molecular weight excluding hydrogens is 264 g/mol. The predicted molar refractivity (Wildman–Crippen MR) is 85.9 cm³/mol. The Kier molecular flexibility index (Phi) is 4.95. The molecule has 0 aliphatic carbocycles. The van der Waals surface area contributed by atoms with E-state index in [0.717, 1.165) is 16.9 Å². The first-order valence-corrected chi connectivity index (χ1v) is 6.91. The third kappa shape index (κ3) is 3.83. The van der Waals surface area contributed by atoms with E-state index in [-0.39, 0.29) is 12.5 Å². The molecule has 0 saturated heterocycles. The van der Waals surface area contributed by atoms with Gasteiger partial charge in [-0.15, -0.1) is 0 Å². The Hall–Kier alpha value is -2.33. The monoisotopic (exact) mass is 284 g/mol. The van der Waals surface area contributed by atoms with Crippen molar-refractivity contribution in [3.63, 3.8) is 0 Å². The number of aliphatic hydroxyl groups excluding tert-OH is 1. The van der Waals surface area contributed by atoms with Gasteiger partial charge in [0.15, 0.2) is 0 Å². The van der Waals surface area contributed by atoms with Crippen LogP contribution in [0.5, 0.6) is 0 Å². The van der Waals surface area contributed by atoms with Crippen LogP contribution < -0.4 is 10.2 Å². The van der Waals surface area contributed by atoms with E-state index in [2.05, 4.69) is 5.32 Å². The number of amides is 1. The van der Waals surface area contributed by atoms with Gasteiger partial charge in [0.1, 0.15) is 0 Å². The largest absolute Gasteiger partial charge is 0.395 e. The molecule has 0 aromatic heterocycles. The zero-order valence-corrected chi connectivity index (χ0v) is 12.3. The van der Waals surface area contributed by atoms with E-state index in [9.17, 15) is 4.79 Å². The second-order valence-electron chi connectivity index (χ2n) is 4.96. The second kappa shape index (κ2) is 6.90. The number of carbonyl (C=O) groups excluding carboxylic acids is 1. The fourth-order valence-electron chi connectivity index (χ4n) is 2.10. The molecule has 2 N–H and O–H groups in total. The van der Waals surface area contributed by atoms with Gasteiger partial charge in [0.05, 0.1) is 6.61 Å². The summed E-state index contributed by atoms with van der Waals surface area (Å²) in [5.41, 5.74) is 3.38. The zero-order valence-electron chi connectivity index (χ0n) is 12.3. The lowest BCUT2D eigenvalue weighted by Crippen LogP contribution is -2.21. The number of nitrogens with zero attached hydrogens (tertiary/aromatic N) is 1. The van der Waals surface area contributed by atoms with Crippen molar-refractivity contribution in [1.29, 1.82) is 0 Å². The predicted octanol–water partition coefficient (Wildman–Crippen LogP) is 2.68. The van der Waals surface area contributed by atoms with Crippen molar-refractivity contribution in [3.05, 3.63) is 59.7 Å². The highest BCUT2D eigenvalue weighted by Gasteiger charge is 2.08. The number of carbonyl (C=O) groups is 1. The van der Waals surface area contributed by atoms with Crippen molar-refractivity contribution in [1.82, 2.24) is 0 Å². The van der Waals surface area contributed by atoms with Crippen LogP contribution in [0.4, 0.5) is 11.4 Å². The summed E-state index contributed by atoms with van der Waals surface area (Å²) in [6.45, 7) is 2.61. The summed E-state index contributed by atoms with van der Waals surface area (Å²) in [5, 5.41) is 11.8. The second-order valence-corrected chi connectivity index (χ2v) is 4.96. The standard InChI is InChI=1S/C17H20N2O2/c1-13-5-3-4-6-16(13)17(21)18-14-7-9-15(10-8-14)19(2)11-12-20/h3-10,20H,11-12H2,1-2H3,(H,18,21). The Labute approximate surface area is 125 Å². The summed E-state index contributed by atoms with van der Waals surface area (Å²) in [5.74, 6) is -0.107. The van der Waals surface area contributed by atoms with Gasteiger partial charge in [-0.25, -0.2) is 0 Å². The highest BCUT2D eigenvalue weighted by Crippen LogP contribution is 2.18. The first kappa shape index (κ1) is 15.1. The van der Waals surface area contributed by atoms with E-state index in [0.29, 0.717) is 12.1 Å². The van der Waals surface area contributed by atoms with Crippen LogP contribution in [-0.4, -0.2) is 31.2 Å². The molecule has 0 aliphatic heterocycles. The quantitative estimate of drug-likeness (QED) is 0.887. The van der Waals surface area contributed by atoms with E-state index >= 15 is 0 Å². The van der Waals surface area contributed by atoms with Crippen molar-refractivity contribution in [2.45, 2.75) is 6.92 Å². The molecule has 0 saturated carbocycles. The van der Waals surface area contributed by atoms with Crippen molar-refractivity contribution >= 4 is 17.3 Å². The SMILES string of the molecule is Cc1ccccc1C(=O)Nc1ccc(N(C)CCO)cc1. The summed E-state index contributed by atoms with van der Waals surface area (Å²) >= 11 is 0. The summed E-state index contributed by atoms with van der Waals surface area (Å²) < 4.78 is 0. The maximum Gasteiger partial charge on any atom is 0.255 e. The van der Waals surface area contributed by atoms with Crippen LogP contribution in [0.3, 0.4) is 0 Å². The number of aliphatic hydroxyl groups is 1. The molecule has 2 rings (SSSR count). The minimum atomic E-state index is -0.107. The van der Waals surface area contributed by atoms with Crippen molar-refractivity contribution in [2.24, 2.45) is 0 Å². The molecule has 0 atom stereocenters. The summed E-state index contributed by atoms with van der Waals surface area (Å²) in [6.07, 6.45) is 0. The highest BCUT2D eigenvalue weighted by atomic mass is 16.3. The lowest BCUT2D eigenvalue weighted by molar-refractivity contribution is 0.102. The molecule has 0 unspecified atom stereocenters. The van der Waals surface area contributed by atoms with E-state index in [1.54, 1.807) is 0 Å². The fourth-order valence-corrected chi connectivity index (χ4v) is 2.10. The number of rotatable bonds is 5. The van der Waals surface area contributed by atoms with E-state index in [1.807, 2.05) is 67.4 Å². The van der Waals surface area contributed by atoms with Crippen molar-refractivity contribution in [3.8, 4) is 0 Å². The van der Waals surface area contributed by atoms with Gasteiger partial charge in [0.25, 0.3) is 5.91 Å². The fraction of sp³-hybridized carbons (Fsp3) is 0.235. The first-order chi connectivity index (χ1) is 10.1. The van der Waals surface area contributed by atoms with E-state index in [1.165, 1.54) is 0 Å². The van der Waals surface area contributed by atoms with Gasteiger partial charge in [-0.3, -0.25) is 4.79 Å². The maximum atomic E-state index is 12.2. The molecule has 2 aromatic rings. The van der Waals surface area contributed by atoms with E-state index < -0.39 is 0 Å². The van der Waals surface area contributed by atoms with Gasteiger partial charge in [-0.05, 0) is 42.8 Å². The van der Waals surface area contributed by atoms with Crippen LogP contribution in [-0.2, 0) is 0 Å². The molecule has 4 heteroatoms. The third-order valence-electron chi connectivity index (χ3n) is 3.39. The molecule has 0 spiro atoms. The molecule has 110 valence electrons. The number of nitrogens with one attached hydrogen (secondary N) is 1. The van der Waals surface area contributed by atoms with Crippen molar-refractivity contribution in [2.75, 3.05) is 30.4 Å². The van der Waals surface area contributed by atoms with Gasteiger partial charge < -0.3 is 15.3 Å². The number of aryl methyl sites for hydroxylation is 1. The summed E-state index contributed by atoms with van der Waals surface area (Å²) in [7, 11) is 1.91. The molecule has 0 heterocycles. The number of benzene rings is 2. The van der Waals surface area contributed by atoms with Gasteiger partial charge in [-0.2, -0.15) is 0 Å². The Morgan fingerprint density at radius 3 is 2.43 bits per heavy atom. The number of hydrogen-bond acceptors (Lipinski definition) is 3. The minimum absolute atomic E-state index is 0.107. The van der Waals surface area contributed by atoms with Crippen LogP contribution in [0.2, 0.25) is 0 Å². The summed E-state index contributed by atoms with van der Waals surface area (Å²) in [4.78, 5) is 14.2.